The van der Waals surface area contributed by atoms with E-state index in [2.05, 4.69) is 187 Å². The molecule has 3 heteroatoms. The molecule has 0 aliphatic rings. The fourth-order valence-corrected chi connectivity index (χ4v) is 7.48. The molecule has 9 aromatic rings. The van der Waals surface area contributed by atoms with Crippen LogP contribution in [0.15, 0.2) is 164 Å². The second-order valence-electron chi connectivity index (χ2n) is 12.7. The van der Waals surface area contributed by atoms with Crippen LogP contribution in [0.2, 0.25) is 0 Å². The van der Waals surface area contributed by atoms with E-state index < -0.39 is 0 Å². The second kappa shape index (κ2) is 11.8. The number of hydrogen-bond donors (Lipinski definition) is 0. The molecule has 2 aromatic heterocycles. The smallest absolute Gasteiger partial charge is 0.147 e. The topological polar surface area (TPSA) is 20.5 Å². The number of aromatic nitrogens is 2. The van der Waals surface area contributed by atoms with Gasteiger partial charge in [-0.3, -0.25) is 4.40 Å². The average molecular weight is 630 g/mol. The highest BCUT2D eigenvalue weighted by Gasteiger charge is 2.19. The molecule has 49 heavy (non-hydrogen) atoms. The molecule has 0 atom stereocenters. The molecule has 7 aromatic carbocycles. The Bertz CT molecular complexity index is 2700. The third kappa shape index (κ3) is 4.77. The van der Waals surface area contributed by atoms with E-state index in [4.69, 9.17) is 4.98 Å². The van der Waals surface area contributed by atoms with E-state index in [1.165, 1.54) is 54.9 Å². The Morgan fingerprint density at radius 1 is 0.612 bits per heavy atom. The maximum Gasteiger partial charge on any atom is 0.147 e. The molecule has 9 rings (SSSR count). The number of hydrogen-bond acceptors (Lipinski definition) is 2. The van der Waals surface area contributed by atoms with Gasteiger partial charge in [0.05, 0.1) is 16.6 Å². The molecule has 0 fully saturated rings. The fraction of sp³-hybridized carbons (Fsp3) is 0.0652. The molecular weight excluding hydrogens is 595 g/mol. The van der Waals surface area contributed by atoms with Crippen LogP contribution in [0.25, 0.3) is 66.0 Å². The SMILES string of the molecule is CC/C=C(\c1ccccc1C)N(c1ccccc1)c1ccc(-c2ccc3c(c2)c2ccc4ccccc4c2c2nc4ccccc4n32)cc1. The summed E-state index contributed by atoms with van der Waals surface area (Å²) in [7, 11) is 0. The lowest BCUT2D eigenvalue weighted by atomic mass is 9.96. The first-order valence-corrected chi connectivity index (χ1v) is 17.1. The zero-order valence-corrected chi connectivity index (χ0v) is 27.6. The van der Waals surface area contributed by atoms with Crippen molar-refractivity contribution in [2.45, 2.75) is 20.3 Å². The predicted octanol–water partition coefficient (Wildman–Crippen LogP) is 12.5. The van der Waals surface area contributed by atoms with Crippen LogP contribution in [0.4, 0.5) is 11.4 Å². The zero-order chi connectivity index (χ0) is 32.9. The Balaban J connectivity index is 1.23. The average Bonchev–Trinajstić information content (AvgIpc) is 3.55. The van der Waals surface area contributed by atoms with Gasteiger partial charge in [-0.1, -0.05) is 122 Å². The zero-order valence-electron chi connectivity index (χ0n) is 27.6. The number of fused-ring (bicyclic) bond motifs is 10. The number of pyridine rings is 1. The highest BCUT2D eigenvalue weighted by atomic mass is 15.1. The molecule has 0 saturated carbocycles. The summed E-state index contributed by atoms with van der Waals surface area (Å²) in [5, 5.41) is 6.08. The summed E-state index contributed by atoms with van der Waals surface area (Å²) in [4.78, 5) is 7.57. The van der Waals surface area contributed by atoms with E-state index in [0.29, 0.717) is 0 Å². The Morgan fingerprint density at radius 2 is 1.33 bits per heavy atom. The van der Waals surface area contributed by atoms with Crippen molar-refractivity contribution in [3.8, 4) is 11.1 Å². The van der Waals surface area contributed by atoms with Crippen molar-refractivity contribution >= 4 is 66.2 Å². The van der Waals surface area contributed by atoms with Crippen LogP contribution in [0.1, 0.15) is 24.5 Å². The van der Waals surface area contributed by atoms with Crippen molar-refractivity contribution in [1.29, 1.82) is 0 Å². The number of imidazole rings is 1. The number of para-hydroxylation sites is 3. The maximum atomic E-state index is 5.18. The highest BCUT2D eigenvalue weighted by Crippen LogP contribution is 2.40. The van der Waals surface area contributed by atoms with Crippen molar-refractivity contribution in [3.05, 3.63) is 175 Å². The molecule has 0 aliphatic carbocycles. The van der Waals surface area contributed by atoms with Crippen molar-refractivity contribution in [3.63, 3.8) is 0 Å². The Labute approximate surface area is 286 Å². The first-order chi connectivity index (χ1) is 24.2. The van der Waals surface area contributed by atoms with Gasteiger partial charge in [-0.25, -0.2) is 4.98 Å². The van der Waals surface area contributed by atoms with Crippen molar-refractivity contribution in [1.82, 2.24) is 9.38 Å². The first kappa shape index (κ1) is 29.0. The summed E-state index contributed by atoms with van der Waals surface area (Å²) in [5.74, 6) is 0. The lowest BCUT2D eigenvalue weighted by molar-refractivity contribution is 1.19. The number of rotatable bonds is 6. The van der Waals surface area contributed by atoms with Gasteiger partial charge in [0.1, 0.15) is 5.65 Å². The van der Waals surface area contributed by atoms with Gasteiger partial charge in [0.25, 0.3) is 0 Å². The van der Waals surface area contributed by atoms with Gasteiger partial charge in [-0.05, 0) is 94.7 Å². The number of benzene rings is 7. The lowest BCUT2D eigenvalue weighted by Gasteiger charge is -2.29. The molecule has 0 bridgehead atoms. The molecule has 0 radical (unpaired) electrons. The monoisotopic (exact) mass is 629 g/mol. The van der Waals surface area contributed by atoms with Crippen molar-refractivity contribution < 1.29 is 0 Å². The fourth-order valence-electron chi connectivity index (χ4n) is 7.48. The van der Waals surface area contributed by atoms with E-state index in [0.717, 1.165) is 40.0 Å². The Hall–Kier alpha value is -6.19. The minimum absolute atomic E-state index is 0.935. The summed E-state index contributed by atoms with van der Waals surface area (Å²) in [6.45, 7) is 4.40. The van der Waals surface area contributed by atoms with E-state index in [-0.39, 0.29) is 0 Å². The van der Waals surface area contributed by atoms with Gasteiger partial charge in [-0.15, -0.1) is 0 Å². The van der Waals surface area contributed by atoms with Gasteiger partial charge in [0, 0.05) is 33.4 Å². The molecule has 234 valence electrons. The quantitative estimate of drug-likeness (QED) is 0.171. The third-order valence-electron chi connectivity index (χ3n) is 9.77. The van der Waals surface area contributed by atoms with Crippen LogP contribution in [0, 0.1) is 6.92 Å². The van der Waals surface area contributed by atoms with Crippen molar-refractivity contribution in [2.75, 3.05) is 4.90 Å². The van der Waals surface area contributed by atoms with Crippen LogP contribution in [0.5, 0.6) is 0 Å². The Morgan fingerprint density at radius 3 is 2.16 bits per heavy atom. The van der Waals surface area contributed by atoms with Crippen LogP contribution in [0.3, 0.4) is 0 Å². The van der Waals surface area contributed by atoms with Gasteiger partial charge in [0.2, 0.25) is 0 Å². The molecular formula is C46H35N3. The van der Waals surface area contributed by atoms with E-state index in [1.54, 1.807) is 0 Å². The van der Waals surface area contributed by atoms with Gasteiger partial charge in [0.15, 0.2) is 0 Å². The molecule has 0 amide bonds. The molecule has 0 aliphatic heterocycles. The summed E-state index contributed by atoms with van der Waals surface area (Å²) in [5.41, 5.74) is 12.6. The molecule has 0 unspecified atom stereocenters. The molecule has 3 nitrogen and oxygen atoms in total. The summed E-state index contributed by atoms with van der Waals surface area (Å²) in [6.07, 6.45) is 3.27. The van der Waals surface area contributed by atoms with Gasteiger partial charge in [-0.2, -0.15) is 0 Å². The van der Waals surface area contributed by atoms with Crippen LogP contribution in [-0.4, -0.2) is 9.38 Å². The number of aryl methyl sites for hydroxylation is 1. The minimum Gasteiger partial charge on any atom is -0.310 e. The van der Waals surface area contributed by atoms with E-state index in [1.807, 2.05) is 0 Å². The molecule has 0 saturated heterocycles. The number of nitrogens with zero attached hydrogens (tertiary/aromatic N) is 3. The van der Waals surface area contributed by atoms with Gasteiger partial charge >= 0.3 is 0 Å². The van der Waals surface area contributed by atoms with E-state index in [9.17, 15) is 0 Å². The molecule has 2 heterocycles. The van der Waals surface area contributed by atoms with Crippen LogP contribution in [-0.2, 0) is 0 Å². The second-order valence-corrected chi connectivity index (χ2v) is 12.7. The standard InChI is InChI=1S/C46H35N3/c1-3-13-42(37-18-9-7-14-31(37)2)48(35-16-5-4-6-17-35)36-26-22-32(23-27-36)34-25-29-43-40(30-34)39-28-24-33-15-8-10-19-38(33)45(39)46-47-41-20-11-12-21-44(41)49(43)46/h4-30H,3H2,1-2H3/b42-13+. The third-order valence-corrected chi connectivity index (χ3v) is 9.77. The van der Waals surface area contributed by atoms with Crippen molar-refractivity contribution in [2.24, 2.45) is 0 Å². The van der Waals surface area contributed by atoms with E-state index >= 15 is 0 Å². The largest absolute Gasteiger partial charge is 0.310 e. The summed E-state index contributed by atoms with van der Waals surface area (Å²) >= 11 is 0. The minimum atomic E-state index is 0.935. The van der Waals surface area contributed by atoms with Crippen LogP contribution < -0.4 is 4.90 Å². The number of allylic oxidation sites excluding steroid dienone is 1. The highest BCUT2D eigenvalue weighted by molar-refractivity contribution is 6.23. The maximum absolute atomic E-state index is 5.18. The predicted molar refractivity (Wildman–Crippen MR) is 209 cm³/mol. The lowest BCUT2D eigenvalue weighted by Crippen LogP contribution is -2.16. The molecule has 0 spiro atoms. The van der Waals surface area contributed by atoms with Gasteiger partial charge < -0.3 is 4.90 Å². The molecule has 0 N–H and O–H groups in total. The summed E-state index contributed by atoms with van der Waals surface area (Å²) in [6, 6.07) is 56.9. The number of anilines is 2. The Kier molecular flexibility index (Phi) is 6.98. The first-order valence-electron chi connectivity index (χ1n) is 17.1. The van der Waals surface area contributed by atoms with Crippen LogP contribution >= 0.6 is 0 Å². The normalized spacial score (nSPS) is 12.1. The summed E-state index contributed by atoms with van der Waals surface area (Å²) < 4.78 is 2.34.